The van der Waals surface area contributed by atoms with Crippen molar-refractivity contribution in [1.82, 2.24) is 0 Å². The quantitative estimate of drug-likeness (QED) is 0.395. The van der Waals surface area contributed by atoms with Crippen molar-refractivity contribution in [2.45, 2.75) is 37.4 Å². The molecule has 0 radical (unpaired) electrons. The molecule has 0 bridgehead atoms. The van der Waals surface area contributed by atoms with Crippen LogP contribution in [0.5, 0.6) is 0 Å². The van der Waals surface area contributed by atoms with E-state index in [0.29, 0.717) is 0 Å². The van der Waals surface area contributed by atoms with Gasteiger partial charge in [-0.1, -0.05) is 6.58 Å². The Labute approximate surface area is 75.9 Å². The van der Waals surface area contributed by atoms with Crippen LogP contribution in [0.1, 0.15) is 6.92 Å². The van der Waals surface area contributed by atoms with Crippen molar-refractivity contribution in [3.63, 3.8) is 0 Å². The van der Waals surface area contributed by atoms with Crippen molar-refractivity contribution in [2.24, 2.45) is 0 Å². The Morgan fingerprint density at radius 2 is 1.69 bits per heavy atom. The van der Waals surface area contributed by atoms with Gasteiger partial charge in [0.15, 0.2) is 0 Å². The van der Waals surface area contributed by atoms with Crippen LogP contribution < -0.4 is 0 Å². The van der Waals surface area contributed by atoms with Crippen molar-refractivity contribution in [3.8, 4) is 0 Å². The second-order valence-electron chi connectivity index (χ2n) is 3.22. The predicted octanol–water partition coefficient (Wildman–Crippen LogP) is -1.07. The van der Waals surface area contributed by atoms with Gasteiger partial charge in [-0.15, -0.1) is 0 Å². The molecule has 13 heavy (non-hydrogen) atoms. The highest BCUT2D eigenvalue weighted by Crippen LogP contribution is 2.23. The summed E-state index contributed by atoms with van der Waals surface area (Å²) >= 11 is 0. The highest BCUT2D eigenvalue weighted by molar-refractivity contribution is 5.02. The smallest absolute Gasteiger partial charge is 0.142 e. The molecule has 1 saturated heterocycles. The number of hydrogen-bond acceptors (Lipinski definition) is 5. The molecule has 0 aromatic heterocycles. The van der Waals surface area contributed by atoms with Crippen molar-refractivity contribution in [3.05, 3.63) is 12.3 Å². The van der Waals surface area contributed by atoms with Crippen LogP contribution in [0.2, 0.25) is 0 Å². The normalized spacial score (nSPS) is 46.0. The van der Waals surface area contributed by atoms with Crippen LogP contribution in [0, 0.1) is 0 Å². The molecule has 0 spiro atoms. The zero-order valence-electron chi connectivity index (χ0n) is 7.29. The molecule has 0 amide bonds. The first-order valence-corrected chi connectivity index (χ1v) is 4.02. The third kappa shape index (κ3) is 1.83. The summed E-state index contributed by atoms with van der Waals surface area (Å²) in [6, 6.07) is 0. The van der Waals surface area contributed by atoms with Gasteiger partial charge in [0.05, 0.1) is 6.10 Å². The van der Waals surface area contributed by atoms with Crippen LogP contribution in [0.15, 0.2) is 12.3 Å². The minimum Gasteiger partial charge on any atom is -0.510 e. The Morgan fingerprint density at radius 1 is 1.15 bits per heavy atom. The molecule has 1 aliphatic rings. The molecular weight excluding hydrogens is 176 g/mol. The first-order valence-electron chi connectivity index (χ1n) is 4.02. The minimum atomic E-state index is -1.34. The molecule has 0 aromatic rings. The summed E-state index contributed by atoms with van der Waals surface area (Å²) in [5, 5.41) is 36.9. The van der Waals surface area contributed by atoms with E-state index in [1.807, 2.05) is 0 Å². The van der Waals surface area contributed by atoms with Crippen molar-refractivity contribution < 1.29 is 25.2 Å². The number of rotatable bonds is 1. The average Bonchev–Trinajstić information content (AvgIpc) is 2.07. The van der Waals surface area contributed by atoms with Crippen molar-refractivity contribution in [2.75, 3.05) is 0 Å². The van der Waals surface area contributed by atoms with E-state index in [1.165, 1.54) is 6.92 Å². The standard InChI is InChI=1S/C8H14O5/c1-3(9)8-7(12)6(11)5(10)4(2)13-8/h4-12H,1H2,2H3. The summed E-state index contributed by atoms with van der Waals surface area (Å²) in [5.41, 5.74) is 0. The molecule has 5 heteroatoms. The molecule has 5 nitrogen and oxygen atoms in total. The fourth-order valence-corrected chi connectivity index (χ4v) is 1.33. The van der Waals surface area contributed by atoms with E-state index >= 15 is 0 Å². The van der Waals surface area contributed by atoms with Crippen LogP contribution in [-0.2, 0) is 4.74 Å². The molecule has 0 aromatic carbocycles. The van der Waals surface area contributed by atoms with Gasteiger partial charge in [-0.3, -0.25) is 0 Å². The van der Waals surface area contributed by atoms with Crippen LogP contribution in [0.4, 0.5) is 0 Å². The summed E-state index contributed by atoms with van der Waals surface area (Å²) in [7, 11) is 0. The van der Waals surface area contributed by atoms with Gasteiger partial charge in [0.25, 0.3) is 0 Å². The van der Waals surface area contributed by atoms with Crippen molar-refractivity contribution >= 4 is 0 Å². The summed E-state index contributed by atoms with van der Waals surface area (Å²) in [4.78, 5) is 0. The van der Waals surface area contributed by atoms with Gasteiger partial charge in [0, 0.05) is 0 Å². The minimum absolute atomic E-state index is 0.356. The van der Waals surface area contributed by atoms with E-state index in [9.17, 15) is 15.3 Å². The lowest BCUT2D eigenvalue weighted by atomic mass is 9.95. The van der Waals surface area contributed by atoms with Crippen LogP contribution in [0.25, 0.3) is 0 Å². The maximum absolute atomic E-state index is 9.34. The summed E-state index contributed by atoms with van der Waals surface area (Å²) < 4.78 is 5.03. The molecule has 5 unspecified atom stereocenters. The molecule has 1 heterocycles. The van der Waals surface area contributed by atoms with Gasteiger partial charge < -0.3 is 25.2 Å². The lowest BCUT2D eigenvalue weighted by Crippen LogP contribution is -2.56. The molecule has 76 valence electrons. The fourth-order valence-electron chi connectivity index (χ4n) is 1.33. The lowest BCUT2D eigenvalue weighted by molar-refractivity contribution is -0.213. The van der Waals surface area contributed by atoms with Gasteiger partial charge >= 0.3 is 0 Å². The van der Waals surface area contributed by atoms with Gasteiger partial charge in [0.1, 0.15) is 30.2 Å². The lowest BCUT2D eigenvalue weighted by Gasteiger charge is -2.38. The van der Waals surface area contributed by atoms with E-state index in [4.69, 9.17) is 9.84 Å². The number of aliphatic hydroxyl groups excluding tert-OH is 4. The zero-order chi connectivity index (χ0) is 10.2. The third-order valence-electron chi connectivity index (χ3n) is 2.18. The summed E-state index contributed by atoms with van der Waals surface area (Å²) in [5.74, 6) is -0.356. The Morgan fingerprint density at radius 3 is 2.15 bits per heavy atom. The Balaban J connectivity index is 2.76. The molecule has 1 rings (SSSR count). The molecule has 5 atom stereocenters. The fraction of sp³-hybridized carbons (Fsp3) is 0.750. The second kappa shape index (κ2) is 3.63. The predicted molar refractivity (Wildman–Crippen MR) is 44.1 cm³/mol. The SMILES string of the molecule is C=C(O)C1OC(C)C(O)C(O)C1O. The monoisotopic (exact) mass is 190 g/mol. The number of hydrogen-bond donors (Lipinski definition) is 4. The summed E-state index contributed by atoms with van der Waals surface area (Å²) in [6.45, 7) is 4.74. The van der Waals surface area contributed by atoms with Crippen LogP contribution in [0.3, 0.4) is 0 Å². The maximum atomic E-state index is 9.34. The highest BCUT2D eigenvalue weighted by Gasteiger charge is 2.42. The molecule has 1 aliphatic heterocycles. The van der Waals surface area contributed by atoms with E-state index < -0.39 is 30.5 Å². The second-order valence-corrected chi connectivity index (χ2v) is 3.22. The van der Waals surface area contributed by atoms with Gasteiger partial charge in [-0.25, -0.2) is 0 Å². The molecular formula is C8H14O5. The Kier molecular flexibility index (Phi) is 2.92. The Hall–Kier alpha value is -0.620. The van der Waals surface area contributed by atoms with E-state index in [1.54, 1.807) is 0 Å². The number of ether oxygens (including phenoxy) is 1. The third-order valence-corrected chi connectivity index (χ3v) is 2.18. The van der Waals surface area contributed by atoms with Gasteiger partial charge in [-0.05, 0) is 6.92 Å². The van der Waals surface area contributed by atoms with E-state index in [-0.39, 0.29) is 5.76 Å². The molecule has 0 saturated carbocycles. The molecule has 4 N–H and O–H groups in total. The average molecular weight is 190 g/mol. The van der Waals surface area contributed by atoms with E-state index in [2.05, 4.69) is 6.58 Å². The van der Waals surface area contributed by atoms with E-state index in [0.717, 1.165) is 0 Å². The summed E-state index contributed by atoms with van der Waals surface area (Å²) in [6.07, 6.45) is -5.49. The number of aliphatic hydroxyl groups is 4. The first-order chi connectivity index (χ1) is 5.95. The van der Waals surface area contributed by atoms with Crippen LogP contribution in [-0.4, -0.2) is 50.9 Å². The Bertz CT molecular complexity index is 205. The maximum Gasteiger partial charge on any atom is 0.142 e. The first kappa shape index (κ1) is 10.5. The van der Waals surface area contributed by atoms with Crippen LogP contribution >= 0.6 is 0 Å². The molecule has 1 fully saturated rings. The van der Waals surface area contributed by atoms with Crippen molar-refractivity contribution in [1.29, 1.82) is 0 Å². The zero-order valence-corrected chi connectivity index (χ0v) is 7.29. The topological polar surface area (TPSA) is 90.2 Å². The van der Waals surface area contributed by atoms with Gasteiger partial charge in [-0.2, -0.15) is 0 Å². The van der Waals surface area contributed by atoms with Gasteiger partial charge in [0.2, 0.25) is 0 Å². The molecule has 0 aliphatic carbocycles. The highest BCUT2D eigenvalue weighted by atomic mass is 16.5. The largest absolute Gasteiger partial charge is 0.510 e.